The van der Waals surface area contributed by atoms with Crippen molar-refractivity contribution in [3.63, 3.8) is 0 Å². The Hall–Kier alpha value is -3.04. The molecular formula is C18H16FN3O4S. The van der Waals surface area contributed by atoms with E-state index in [0.717, 1.165) is 0 Å². The summed E-state index contributed by atoms with van der Waals surface area (Å²) in [4.78, 5) is 16.1. The number of anilines is 1. The van der Waals surface area contributed by atoms with Gasteiger partial charge in [-0.3, -0.25) is 4.79 Å². The molecule has 1 amide bonds. The van der Waals surface area contributed by atoms with Crippen molar-refractivity contribution in [2.75, 3.05) is 5.32 Å². The average molecular weight is 389 g/mol. The zero-order valence-corrected chi connectivity index (χ0v) is 14.9. The zero-order chi connectivity index (χ0) is 19.4. The van der Waals surface area contributed by atoms with Crippen LogP contribution in [0.2, 0.25) is 0 Å². The van der Waals surface area contributed by atoms with E-state index >= 15 is 0 Å². The van der Waals surface area contributed by atoms with Crippen molar-refractivity contribution >= 4 is 21.6 Å². The van der Waals surface area contributed by atoms with E-state index in [1.165, 1.54) is 42.6 Å². The van der Waals surface area contributed by atoms with Gasteiger partial charge in [-0.1, -0.05) is 0 Å². The molecule has 1 heterocycles. The van der Waals surface area contributed by atoms with Crippen molar-refractivity contribution in [2.45, 2.75) is 17.7 Å². The van der Waals surface area contributed by atoms with Crippen molar-refractivity contribution in [3.05, 3.63) is 66.4 Å². The first-order valence-electron chi connectivity index (χ1n) is 7.94. The Morgan fingerprint density at radius 1 is 1.11 bits per heavy atom. The second-order valence-electron chi connectivity index (χ2n) is 5.74. The summed E-state index contributed by atoms with van der Waals surface area (Å²) in [5.74, 6) is 0.255. The molecule has 2 aromatic carbocycles. The number of halogens is 1. The molecule has 0 atom stereocenters. The zero-order valence-electron chi connectivity index (χ0n) is 14.1. The molecule has 0 fully saturated rings. The third-order valence-corrected chi connectivity index (χ3v) is 4.64. The molecular weight excluding hydrogens is 373 g/mol. The molecule has 9 heteroatoms. The van der Waals surface area contributed by atoms with Gasteiger partial charge in [-0.25, -0.2) is 22.9 Å². The van der Waals surface area contributed by atoms with Crippen LogP contribution in [0, 0.1) is 5.82 Å². The second-order valence-corrected chi connectivity index (χ2v) is 7.30. The van der Waals surface area contributed by atoms with Crippen LogP contribution in [-0.2, 0) is 21.2 Å². The van der Waals surface area contributed by atoms with Crippen LogP contribution < -0.4 is 10.5 Å². The number of nitrogens with zero attached hydrogens (tertiary/aromatic N) is 1. The molecule has 140 valence electrons. The van der Waals surface area contributed by atoms with Gasteiger partial charge in [-0.05, 0) is 48.5 Å². The maximum Gasteiger partial charge on any atom is 0.238 e. The van der Waals surface area contributed by atoms with Gasteiger partial charge in [0.25, 0.3) is 0 Å². The van der Waals surface area contributed by atoms with Gasteiger partial charge in [0.15, 0.2) is 11.7 Å². The fourth-order valence-corrected chi connectivity index (χ4v) is 2.86. The third kappa shape index (κ3) is 4.99. The van der Waals surface area contributed by atoms with E-state index in [9.17, 15) is 17.6 Å². The van der Waals surface area contributed by atoms with Gasteiger partial charge in [0, 0.05) is 24.1 Å². The number of aryl methyl sites for hydroxylation is 1. The van der Waals surface area contributed by atoms with Crippen LogP contribution in [0.15, 0.2) is 64.0 Å². The number of sulfonamides is 1. The molecule has 0 aliphatic carbocycles. The molecule has 7 nitrogen and oxygen atoms in total. The Kier molecular flexibility index (Phi) is 5.33. The predicted octanol–water partition coefficient (Wildman–Crippen LogP) is 2.70. The van der Waals surface area contributed by atoms with Gasteiger partial charge >= 0.3 is 0 Å². The van der Waals surface area contributed by atoms with Gasteiger partial charge in [-0.15, -0.1) is 0 Å². The predicted molar refractivity (Wildman–Crippen MR) is 96.7 cm³/mol. The van der Waals surface area contributed by atoms with E-state index < -0.39 is 10.0 Å². The monoisotopic (exact) mass is 389 g/mol. The normalized spacial score (nSPS) is 11.3. The van der Waals surface area contributed by atoms with Crippen molar-refractivity contribution in [3.8, 4) is 11.3 Å². The summed E-state index contributed by atoms with van der Waals surface area (Å²) in [6, 6.07) is 11.3. The van der Waals surface area contributed by atoms with Gasteiger partial charge in [0.2, 0.25) is 15.9 Å². The highest BCUT2D eigenvalue weighted by Crippen LogP contribution is 2.21. The van der Waals surface area contributed by atoms with E-state index in [4.69, 9.17) is 9.56 Å². The number of carbonyl (C=O) groups is 1. The smallest absolute Gasteiger partial charge is 0.238 e. The number of nitrogens with two attached hydrogens (primary N) is 1. The number of aromatic nitrogens is 1. The van der Waals surface area contributed by atoms with E-state index in [2.05, 4.69) is 10.3 Å². The molecule has 0 saturated carbocycles. The molecule has 0 bridgehead atoms. The quantitative estimate of drug-likeness (QED) is 0.672. The molecule has 3 N–H and O–H groups in total. The summed E-state index contributed by atoms with van der Waals surface area (Å²) in [6.45, 7) is 0. The Bertz CT molecular complexity index is 1040. The number of benzene rings is 2. The summed E-state index contributed by atoms with van der Waals surface area (Å²) in [7, 11) is -3.77. The lowest BCUT2D eigenvalue weighted by Crippen LogP contribution is -2.14. The number of oxazole rings is 1. The lowest BCUT2D eigenvalue weighted by Gasteiger charge is -2.05. The molecule has 0 radical (unpaired) electrons. The van der Waals surface area contributed by atoms with E-state index in [1.807, 2.05) is 0 Å². The van der Waals surface area contributed by atoms with Crippen LogP contribution in [0.5, 0.6) is 0 Å². The highest BCUT2D eigenvalue weighted by atomic mass is 32.2. The molecule has 27 heavy (non-hydrogen) atoms. The third-order valence-electron chi connectivity index (χ3n) is 3.71. The van der Waals surface area contributed by atoms with Gasteiger partial charge < -0.3 is 9.73 Å². The van der Waals surface area contributed by atoms with Gasteiger partial charge in [0.1, 0.15) is 5.82 Å². The van der Waals surface area contributed by atoms with Crippen LogP contribution in [0.1, 0.15) is 12.3 Å². The van der Waals surface area contributed by atoms with Crippen molar-refractivity contribution < 1.29 is 22.0 Å². The highest BCUT2D eigenvalue weighted by molar-refractivity contribution is 7.89. The number of hydrogen-bond donors (Lipinski definition) is 2. The van der Waals surface area contributed by atoms with Crippen molar-refractivity contribution in [2.24, 2.45) is 5.14 Å². The Morgan fingerprint density at radius 3 is 2.41 bits per heavy atom. The van der Waals surface area contributed by atoms with E-state index in [1.54, 1.807) is 12.1 Å². The number of carbonyl (C=O) groups excluding carboxylic acids is 1. The maximum atomic E-state index is 12.9. The second kappa shape index (κ2) is 7.68. The Labute approximate surface area is 155 Å². The first-order valence-corrected chi connectivity index (χ1v) is 9.49. The average Bonchev–Trinajstić information content (AvgIpc) is 3.09. The minimum atomic E-state index is -3.77. The van der Waals surface area contributed by atoms with Crippen molar-refractivity contribution in [1.29, 1.82) is 0 Å². The summed E-state index contributed by atoms with van der Waals surface area (Å²) in [6.07, 6.45) is 1.93. The highest BCUT2D eigenvalue weighted by Gasteiger charge is 2.11. The van der Waals surface area contributed by atoms with Crippen LogP contribution in [-0.4, -0.2) is 19.3 Å². The first-order chi connectivity index (χ1) is 12.8. The lowest BCUT2D eigenvalue weighted by atomic mass is 10.2. The van der Waals surface area contributed by atoms with Crippen LogP contribution in [0.4, 0.5) is 10.1 Å². The molecule has 0 aliphatic heterocycles. The number of nitrogens with one attached hydrogen (secondary N) is 1. The fourth-order valence-electron chi connectivity index (χ4n) is 2.35. The molecule has 0 spiro atoms. The Balaban J connectivity index is 1.56. The molecule has 3 aromatic rings. The van der Waals surface area contributed by atoms with E-state index in [-0.39, 0.29) is 29.5 Å². The summed E-state index contributed by atoms with van der Waals surface area (Å²) in [5, 5.41) is 7.67. The standard InChI is InChI=1S/C18H16FN3O4S/c19-13-3-1-12(2-4-13)16-11-21-18(26-16)10-9-17(23)22-14-5-7-15(8-6-14)27(20,24)25/h1-8,11H,9-10H2,(H,22,23)(H2,20,24,25). The van der Waals surface area contributed by atoms with Gasteiger partial charge in [0.05, 0.1) is 11.1 Å². The topological polar surface area (TPSA) is 115 Å². The molecule has 3 rings (SSSR count). The molecule has 0 unspecified atom stereocenters. The molecule has 0 aliphatic rings. The van der Waals surface area contributed by atoms with E-state index in [0.29, 0.717) is 22.9 Å². The summed E-state index contributed by atoms with van der Waals surface area (Å²) < 4.78 is 40.9. The number of rotatable bonds is 6. The summed E-state index contributed by atoms with van der Waals surface area (Å²) >= 11 is 0. The first kappa shape index (κ1) is 18.7. The largest absolute Gasteiger partial charge is 0.441 e. The fraction of sp³-hybridized carbons (Fsp3) is 0.111. The minimum absolute atomic E-state index is 0.0337. The number of primary sulfonamides is 1. The number of hydrogen-bond acceptors (Lipinski definition) is 5. The number of amides is 1. The lowest BCUT2D eigenvalue weighted by molar-refractivity contribution is -0.116. The van der Waals surface area contributed by atoms with Crippen LogP contribution >= 0.6 is 0 Å². The van der Waals surface area contributed by atoms with Crippen molar-refractivity contribution in [1.82, 2.24) is 4.98 Å². The van der Waals surface area contributed by atoms with Crippen LogP contribution in [0.3, 0.4) is 0 Å². The Morgan fingerprint density at radius 2 is 1.78 bits per heavy atom. The molecule has 1 aromatic heterocycles. The minimum Gasteiger partial charge on any atom is -0.441 e. The summed E-state index contributed by atoms with van der Waals surface area (Å²) in [5.41, 5.74) is 1.14. The molecule has 0 saturated heterocycles. The SMILES string of the molecule is NS(=O)(=O)c1ccc(NC(=O)CCc2ncc(-c3ccc(F)cc3)o2)cc1. The van der Waals surface area contributed by atoms with Crippen LogP contribution in [0.25, 0.3) is 11.3 Å². The maximum absolute atomic E-state index is 12.9. The van der Waals surface area contributed by atoms with Gasteiger partial charge in [-0.2, -0.15) is 0 Å².